The molecule has 0 aromatic carbocycles. The molecule has 0 unspecified atom stereocenters. The second kappa shape index (κ2) is 8.30. The molecule has 6 heteroatoms. The highest BCUT2D eigenvalue weighted by atomic mass is 35.5. The maximum absolute atomic E-state index is 5.78. The van der Waals surface area contributed by atoms with Gasteiger partial charge in [-0.3, -0.25) is 0 Å². The number of hydrogen-bond donors (Lipinski definition) is 1. The normalized spacial score (nSPS) is 9.85. The average Bonchev–Trinajstić information content (AvgIpc) is 2.44. The Morgan fingerprint density at radius 1 is 0.850 bits per heavy atom. The molecule has 0 fully saturated rings. The van der Waals surface area contributed by atoms with E-state index in [1.54, 1.807) is 24.3 Å². The monoisotopic (exact) mass is 331 g/mol. The van der Waals surface area contributed by atoms with Crippen LogP contribution in [0.1, 0.15) is 25.2 Å². The molecule has 2 aromatic rings. The minimum absolute atomic E-state index is 0.501. The summed E-state index contributed by atoms with van der Waals surface area (Å²) in [6.07, 6.45) is 1.64. The molecule has 3 nitrogen and oxygen atoms in total. The molecule has 0 amide bonds. The van der Waals surface area contributed by atoms with E-state index in [1.807, 2.05) is 13.8 Å². The third-order valence-corrected chi connectivity index (χ3v) is 3.29. The van der Waals surface area contributed by atoms with Crippen LogP contribution in [0.2, 0.25) is 15.3 Å². The molecule has 2 heterocycles. The first-order valence-electron chi connectivity index (χ1n) is 6.19. The van der Waals surface area contributed by atoms with Crippen LogP contribution in [0.15, 0.2) is 24.3 Å². The van der Waals surface area contributed by atoms with E-state index in [0.717, 1.165) is 24.2 Å². The first-order chi connectivity index (χ1) is 9.47. The highest BCUT2D eigenvalue weighted by Gasteiger charge is 1.98. The van der Waals surface area contributed by atoms with Gasteiger partial charge < -0.3 is 5.73 Å². The minimum Gasteiger partial charge on any atom is -0.397 e. The summed E-state index contributed by atoms with van der Waals surface area (Å²) in [5.41, 5.74) is 8.02. The summed E-state index contributed by atoms with van der Waals surface area (Å²) >= 11 is 17.0. The number of anilines is 1. The quantitative estimate of drug-likeness (QED) is 0.801. The zero-order valence-electron chi connectivity index (χ0n) is 11.3. The first kappa shape index (κ1) is 17.0. The van der Waals surface area contributed by atoms with E-state index in [1.165, 1.54) is 0 Å². The van der Waals surface area contributed by atoms with Crippen molar-refractivity contribution in [1.29, 1.82) is 0 Å². The van der Waals surface area contributed by atoms with Gasteiger partial charge in [-0.05, 0) is 37.1 Å². The summed E-state index contributed by atoms with van der Waals surface area (Å²) in [4.78, 5) is 8.06. The van der Waals surface area contributed by atoms with E-state index in [4.69, 9.17) is 40.5 Å². The first-order valence-corrected chi connectivity index (χ1v) is 7.33. The third-order valence-electron chi connectivity index (χ3n) is 2.53. The SMILES string of the molecule is CCc1nc(Cl)ccc1Cl.CCc1nc(Cl)ccc1N. The van der Waals surface area contributed by atoms with Crippen molar-refractivity contribution in [1.82, 2.24) is 9.97 Å². The van der Waals surface area contributed by atoms with Crippen molar-refractivity contribution < 1.29 is 0 Å². The molecule has 20 heavy (non-hydrogen) atoms. The molecule has 0 radical (unpaired) electrons. The smallest absolute Gasteiger partial charge is 0.129 e. The predicted octanol–water partition coefficient (Wildman–Crippen LogP) is 4.83. The zero-order chi connectivity index (χ0) is 15.1. The Bertz CT molecular complexity index is 522. The molecule has 0 saturated carbocycles. The summed E-state index contributed by atoms with van der Waals surface area (Å²) < 4.78 is 0. The molecule has 0 aliphatic heterocycles. The van der Waals surface area contributed by atoms with Crippen molar-refractivity contribution in [2.24, 2.45) is 0 Å². The number of aryl methyl sites for hydroxylation is 2. The Balaban J connectivity index is 0.000000200. The molecule has 0 spiro atoms. The zero-order valence-corrected chi connectivity index (χ0v) is 13.6. The Labute approximate surface area is 134 Å². The van der Waals surface area contributed by atoms with Crippen LogP contribution in [0.3, 0.4) is 0 Å². The highest BCUT2D eigenvalue weighted by molar-refractivity contribution is 6.32. The second-order valence-corrected chi connectivity index (χ2v) is 5.12. The second-order valence-electron chi connectivity index (χ2n) is 3.94. The van der Waals surface area contributed by atoms with Crippen molar-refractivity contribution in [2.45, 2.75) is 26.7 Å². The summed E-state index contributed by atoms with van der Waals surface area (Å²) in [6.45, 7) is 3.99. The lowest BCUT2D eigenvalue weighted by Gasteiger charge is -1.99. The molecule has 0 aliphatic rings. The summed E-state index contributed by atoms with van der Waals surface area (Å²) in [5.74, 6) is 0. The van der Waals surface area contributed by atoms with E-state index < -0.39 is 0 Å². The van der Waals surface area contributed by atoms with Gasteiger partial charge in [0, 0.05) is 0 Å². The minimum atomic E-state index is 0.501. The number of halogens is 3. The van der Waals surface area contributed by atoms with Gasteiger partial charge in [0.15, 0.2) is 0 Å². The van der Waals surface area contributed by atoms with Crippen LogP contribution >= 0.6 is 34.8 Å². The van der Waals surface area contributed by atoms with Crippen molar-refractivity contribution in [3.8, 4) is 0 Å². The van der Waals surface area contributed by atoms with Gasteiger partial charge in [0.25, 0.3) is 0 Å². The number of aromatic nitrogens is 2. The molecule has 2 rings (SSSR count). The van der Waals surface area contributed by atoms with Crippen LogP contribution in [-0.2, 0) is 12.8 Å². The fraction of sp³-hybridized carbons (Fsp3) is 0.286. The molecule has 108 valence electrons. The van der Waals surface area contributed by atoms with Gasteiger partial charge in [0.2, 0.25) is 0 Å². The number of nitrogen functional groups attached to an aromatic ring is 1. The van der Waals surface area contributed by atoms with E-state index in [2.05, 4.69) is 9.97 Å². The van der Waals surface area contributed by atoms with Crippen LogP contribution in [0, 0.1) is 0 Å². The summed E-state index contributed by atoms with van der Waals surface area (Å²) in [6, 6.07) is 6.91. The van der Waals surface area contributed by atoms with Crippen molar-refractivity contribution in [3.05, 3.63) is 51.0 Å². The highest BCUT2D eigenvalue weighted by Crippen LogP contribution is 2.16. The molecule has 2 N–H and O–H groups in total. The van der Waals surface area contributed by atoms with E-state index in [0.29, 0.717) is 21.0 Å². The third kappa shape index (κ3) is 5.16. The van der Waals surface area contributed by atoms with E-state index in [9.17, 15) is 0 Å². The largest absolute Gasteiger partial charge is 0.397 e. The number of nitrogens with two attached hydrogens (primary N) is 1. The molecule has 2 aromatic heterocycles. The molecular weight excluding hydrogens is 317 g/mol. The number of pyridine rings is 2. The van der Waals surface area contributed by atoms with Gasteiger partial charge in [-0.1, -0.05) is 48.7 Å². The Morgan fingerprint density at radius 3 is 1.80 bits per heavy atom. The topological polar surface area (TPSA) is 51.8 Å². The maximum atomic E-state index is 5.78. The maximum Gasteiger partial charge on any atom is 0.129 e. The lowest BCUT2D eigenvalue weighted by molar-refractivity contribution is 1.04. The molecule has 0 bridgehead atoms. The summed E-state index contributed by atoms with van der Waals surface area (Å²) in [7, 11) is 0. The van der Waals surface area contributed by atoms with Gasteiger partial charge in [-0.2, -0.15) is 0 Å². The molecular formula is C14H16Cl3N3. The lowest BCUT2D eigenvalue weighted by Crippen LogP contribution is -1.95. The van der Waals surface area contributed by atoms with Crippen molar-refractivity contribution in [2.75, 3.05) is 5.73 Å². The standard InChI is InChI=1S/C7H7Cl2N.C7H9ClN2/c1-2-6-5(8)3-4-7(9)10-6;1-2-6-5(9)3-4-7(8)10-6/h3-4H,2H2,1H3;3-4H,2,9H2,1H3. The fourth-order valence-corrected chi connectivity index (χ4v) is 2.04. The van der Waals surface area contributed by atoms with Crippen molar-refractivity contribution >= 4 is 40.5 Å². The number of hydrogen-bond acceptors (Lipinski definition) is 3. The Kier molecular flexibility index (Phi) is 7.06. The van der Waals surface area contributed by atoms with Gasteiger partial charge in [-0.15, -0.1) is 0 Å². The van der Waals surface area contributed by atoms with Crippen LogP contribution in [0.25, 0.3) is 0 Å². The van der Waals surface area contributed by atoms with E-state index in [-0.39, 0.29) is 0 Å². The average molecular weight is 333 g/mol. The van der Waals surface area contributed by atoms with Gasteiger partial charge in [-0.25, -0.2) is 9.97 Å². The van der Waals surface area contributed by atoms with Crippen molar-refractivity contribution in [3.63, 3.8) is 0 Å². The molecule has 0 aliphatic carbocycles. The predicted molar refractivity (Wildman–Crippen MR) is 86.7 cm³/mol. The van der Waals surface area contributed by atoms with Gasteiger partial charge in [0.05, 0.1) is 22.1 Å². The van der Waals surface area contributed by atoms with E-state index >= 15 is 0 Å². The Morgan fingerprint density at radius 2 is 1.35 bits per heavy atom. The van der Waals surface area contributed by atoms with Crippen LogP contribution < -0.4 is 5.73 Å². The Hall–Kier alpha value is -1.03. The molecule has 0 atom stereocenters. The summed E-state index contributed by atoms with van der Waals surface area (Å²) in [5, 5.41) is 1.69. The van der Waals surface area contributed by atoms with Gasteiger partial charge >= 0.3 is 0 Å². The number of nitrogens with zero attached hydrogens (tertiary/aromatic N) is 2. The van der Waals surface area contributed by atoms with Crippen LogP contribution in [0.4, 0.5) is 5.69 Å². The molecule has 0 saturated heterocycles. The van der Waals surface area contributed by atoms with Gasteiger partial charge in [0.1, 0.15) is 10.3 Å². The lowest BCUT2D eigenvalue weighted by atomic mass is 10.2. The van der Waals surface area contributed by atoms with Crippen LogP contribution in [0.5, 0.6) is 0 Å². The number of rotatable bonds is 2. The fourth-order valence-electron chi connectivity index (χ4n) is 1.47. The van der Waals surface area contributed by atoms with Crippen LogP contribution in [-0.4, -0.2) is 9.97 Å².